The fraction of sp³-hybridized carbons (Fsp3) is 0.542. The molecule has 11 nitrogen and oxygen atoms in total. The van der Waals surface area contributed by atoms with Crippen LogP contribution in [0, 0.1) is 0 Å². The van der Waals surface area contributed by atoms with Crippen molar-refractivity contribution in [2.45, 2.75) is 39.3 Å². The Labute approximate surface area is 205 Å². The summed E-state index contributed by atoms with van der Waals surface area (Å²) in [6.07, 6.45) is 4.00. The molecule has 11 heteroatoms. The summed E-state index contributed by atoms with van der Waals surface area (Å²) in [5, 5.41) is 2.67. The predicted octanol–water partition coefficient (Wildman–Crippen LogP) is 1.90. The summed E-state index contributed by atoms with van der Waals surface area (Å²) in [7, 11) is 0. The number of nitrogens with two attached hydrogens (primary N) is 2. The van der Waals surface area contributed by atoms with E-state index >= 15 is 0 Å². The standard InChI is InChI=1S/C24H36N6O5/c1-24(2,3)35-23(32)27-7-4-5-9-30-20-18(28-22(30)26)15-17(21(25)31)16-19(20)34-12-6-8-29-10-13-33-14-11-29/h4-5,15-16H,6-14H2,1-3H3,(H2,25,31)(H2,26,28)(H,27,32)/b5-4+. The minimum Gasteiger partial charge on any atom is -0.491 e. The molecule has 2 aromatic rings. The van der Waals surface area contributed by atoms with Crippen LogP contribution in [-0.2, 0) is 16.0 Å². The minimum absolute atomic E-state index is 0.282. The number of fused-ring (bicyclic) bond motifs is 1. The Hall–Kier alpha value is -3.31. The van der Waals surface area contributed by atoms with Crippen molar-refractivity contribution >= 4 is 29.0 Å². The summed E-state index contributed by atoms with van der Waals surface area (Å²) >= 11 is 0. The van der Waals surface area contributed by atoms with Gasteiger partial charge in [0.2, 0.25) is 11.9 Å². The van der Waals surface area contributed by atoms with Crippen LogP contribution in [0.5, 0.6) is 5.75 Å². The van der Waals surface area contributed by atoms with Gasteiger partial charge in [0.15, 0.2) is 0 Å². The first-order valence-electron chi connectivity index (χ1n) is 11.8. The summed E-state index contributed by atoms with van der Waals surface area (Å²) in [4.78, 5) is 30.3. The SMILES string of the molecule is CC(C)(C)OC(=O)NC/C=C/Cn1c(N)nc2cc(C(N)=O)cc(OCCCN3CCOCC3)c21. The molecule has 0 radical (unpaired) electrons. The lowest BCUT2D eigenvalue weighted by Gasteiger charge is -2.26. The number of nitrogens with zero attached hydrogens (tertiary/aromatic N) is 3. The van der Waals surface area contributed by atoms with Gasteiger partial charge in [0, 0.05) is 38.3 Å². The van der Waals surface area contributed by atoms with Crippen molar-refractivity contribution in [2.75, 3.05) is 51.7 Å². The van der Waals surface area contributed by atoms with Crippen LogP contribution in [0.1, 0.15) is 37.6 Å². The second-order valence-electron chi connectivity index (χ2n) is 9.30. The van der Waals surface area contributed by atoms with Crippen molar-refractivity contribution in [2.24, 2.45) is 5.73 Å². The number of allylic oxidation sites excluding steroid dienone is 1. The molecule has 0 spiro atoms. The number of carbonyl (C=O) groups excluding carboxylic acids is 2. The number of carbonyl (C=O) groups is 2. The van der Waals surface area contributed by atoms with E-state index in [9.17, 15) is 9.59 Å². The van der Waals surface area contributed by atoms with Gasteiger partial charge in [-0.05, 0) is 39.3 Å². The smallest absolute Gasteiger partial charge is 0.407 e. The van der Waals surface area contributed by atoms with E-state index in [1.807, 2.05) is 6.08 Å². The molecular weight excluding hydrogens is 452 g/mol. The van der Waals surface area contributed by atoms with E-state index in [1.165, 1.54) is 0 Å². The Morgan fingerprint density at radius 1 is 1.23 bits per heavy atom. The number of hydrogen-bond acceptors (Lipinski definition) is 8. The quantitative estimate of drug-likeness (QED) is 0.339. The molecule has 1 aliphatic rings. The van der Waals surface area contributed by atoms with Gasteiger partial charge in [0.1, 0.15) is 16.9 Å². The third kappa shape index (κ3) is 7.86. The third-order valence-corrected chi connectivity index (χ3v) is 5.32. The van der Waals surface area contributed by atoms with Crippen LogP contribution in [-0.4, -0.2) is 78.1 Å². The van der Waals surface area contributed by atoms with Crippen molar-refractivity contribution in [1.82, 2.24) is 19.8 Å². The van der Waals surface area contributed by atoms with Crippen molar-refractivity contribution in [1.29, 1.82) is 0 Å². The van der Waals surface area contributed by atoms with Gasteiger partial charge in [0.25, 0.3) is 0 Å². The van der Waals surface area contributed by atoms with Crippen LogP contribution in [0.15, 0.2) is 24.3 Å². The van der Waals surface area contributed by atoms with Gasteiger partial charge in [-0.1, -0.05) is 12.2 Å². The van der Waals surface area contributed by atoms with Crippen molar-refractivity contribution in [3.8, 4) is 5.75 Å². The number of benzene rings is 1. The number of alkyl carbamates (subject to hydrolysis) is 1. The Bertz CT molecular complexity index is 1050. The second kappa shape index (κ2) is 11.9. The number of amides is 2. The van der Waals surface area contributed by atoms with Crippen LogP contribution >= 0.6 is 0 Å². The van der Waals surface area contributed by atoms with Crippen LogP contribution in [0.25, 0.3) is 11.0 Å². The molecule has 35 heavy (non-hydrogen) atoms. The maximum atomic E-state index is 11.8. The van der Waals surface area contributed by atoms with Gasteiger partial charge >= 0.3 is 6.09 Å². The Balaban J connectivity index is 1.67. The Kier molecular flexibility index (Phi) is 8.94. The number of ether oxygens (including phenoxy) is 3. The number of aromatic nitrogens is 2. The fourth-order valence-corrected chi connectivity index (χ4v) is 3.70. The number of nitrogen functional groups attached to an aromatic ring is 1. The lowest BCUT2D eigenvalue weighted by atomic mass is 10.1. The molecule has 0 saturated carbocycles. The molecule has 1 saturated heterocycles. The molecule has 1 fully saturated rings. The van der Waals surface area contributed by atoms with E-state index in [-0.39, 0.29) is 5.95 Å². The highest BCUT2D eigenvalue weighted by molar-refractivity contribution is 5.98. The fourth-order valence-electron chi connectivity index (χ4n) is 3.70. The zero-order valence-electron chi connectivity index (χ0n) is 20.7. The third-order valence-electron chi connectivity index (χ3n) is 5.32. The number of rotatable bonds is 10. The van der Waals surface area contributed by atoms with E-state index in [0.29, 0.717) is 42.0 Å². The highest BCUT2D eigenvalue weighted by Crippen LogP contribution is 2.30. The summed E-state index contributed by atoms with van der Waals surface area (Å²) < 4.78 is 18.5. The van der Waals surface area contributed by atoms with Crippen LogP contribution in [0.3, 0.4) is 0 Å². The van der Waals surface area contributed by atoms with Crippen LogP contribution in [0.2, 0.25) is 0 Å². The molecule has 3 rings (SSSR count). The van der Waals surface area contributed by atoms with Gasteiger partial charge in [-0.15, -0.1) is 0 Å². The number of hydrogen-bond donors (Lipinski definition) is 3. The highest BCUT2D eigenvalue weighted by Gasteiger charge is 2.18. The molecule has 1 aliphatic heterocycles. The molecule has 192 valence electrons. The lowest BCUT2D eigenvalue weighted by Crippen LogP contribution is -2.37. The lowest BCUT2D eigenvalue weighted by molar-refractivity contribution is 0.0358. The van der Waals surface area contributed by atoms with Crippen molar-refractivity contribution in [3.05, 3.63) is 29.8 Å². The monoisotopic (exact) mass is 488 g/mol. The largest absolute Gasteiger partial charge is 0.491 e. The average Bonchev–Trinajstić information content (AvgIpc) is 3.11. The van der Waals surface area contributed by atoms with Gasteiger partial charge in [-0.3, -0.25) is 9.69 Å². The molecule has 0 atom stereocenters. The summed E-state index contributed by atoms with van der Waals surface area (Å²) in [6, 6.07) is 3.24. The molecule has 1 aromatic carbocycles. The summed E-state index contributed by atoms with van der Waals surface area (Å²) in [5.74, 6) is 0.221. The predicted molar refractivity (Wildman–Crippen MR) is 133 cm³/mol. The van der Waals surface area contributed by atoms with Crippen LogP contribution in [0.4, 0.5) is 10.7 Å². The van der Waals surface area contributed by atoms with Crippen molar-refractivity contribution < 1.29 is 23.8 Å². The van der Waals surface area contributed by atoms with E-state index in [0.717, 1.165) is 39.3 Å². The molecule has 0 aliphatic carbocycles. The first kappa shape index (κ1) is 26.3. The normalized spacial score (nSPS) is 14.9. The van der Waals surface area contributed by atoms with E-state index in [2.05, 4.69) is 15.2 Å². The zero-order chi connectivity index (χ0) is 25.4. The van der Waals surface area contributed by atoms with E-state index in [1.54, 1.807) is 43.5 Å². The molecular formula is C24H36N6O5. The minimum atomic E-state index is -0.564. The summed E-state index contributed by atoms with van der Waals surface area (Å²) in [5.41, 5.74) is 12.6. The topological polar surface area (TPSA) is 147 Å². The number of nitrogens with one attached hydrogen (secondary N) is 1. The van der Waals surface area contributed by atoms with Crippen LogP contribution < -0.4 is 21.5 Å². The van der Waals surface area contributed by atoms with Crippen molar-refractivity contribution in [3.63, 3.8) is 0 Å². The van der Waals surface area contributed by atoms with Gasteiger partial charge in [0.05, 0.1) is 25.3 Å². The first-order valence-corrected chi connectivity index (χ1v) is 11.8. The number of imidazole rings is 1. The molecule has 1 aromatic heterocycles. The molecule has 2 heterocycles. The van der Waals surface area contributed by atoms with Gasteiger partial charge < -0.3 is 35.6 Å². The van der Waals surface area contributed by atoms with Gasteiger partial charge in [-0.2, -0.15) is 0 Å². The van der Waals surface area contributed by atoms with E-state index in [4.69, 9.17) is 25.7 Å². The highest BCUT2D eigenvalue weighted by atomic mass is 16.6. The average molecular weight is 489 g/mol. The Morgan fingerprint density at radius 2 is 1.97 bits per heavy atom. The Morgan fingerprint density at radius 3 is 2.66 bits per heavy atom. The number of morpholine rings is 1. The first-order chi connectivity index (χ1) is 16.6. The second-order valence-corrected chi connectivity index (χ2v) is 9.30. The van der Waals surface area contributed by atoms with E-state index < -0.39 is 17.6 Å². The molecule has 0 bridgehead atoms. The maximum absolute atomic E-state index is 11.8. The number of anilines is 1. The molecule has 2 amide bonds. The number of primary amides is 1. The zero-order valence-corrected chi connectivity index (χ0v) is 20.7. The summed E-state index contributed by atoms with van der Waals surface area (Å²) in [6.45, 7) is 10.8. The van der Waals surface area contributed by atoms with Gasteiger partial charge in [-0.25, -0.2) is 9.78 Å². The molecule has 5 N–H and O–H groups in total. The molecule has 0 unspecified atom stereocenters. The maximum Gasteiger partial charge on any atom is 0.407 e.